The Hall–Kier alpha value is -4.92. The van der Waals surface area contributed by atoms with Gasteiger partial charge >= 0.3 is 12.1 Å². The molecule has 5 rings (SSSR count). The fourth-order valence-corrected chi connectivity index (χ4v) is 4.88. The lowest BCUT2D eigenvalue weighted by Gasteiger charge is -2.21. The number of rotatable bonds is 9. The van der Waals surface area contributed by atoms with Crippen LogP contribution < -0.4 is 5.32 Å². The van der Waals surface area contributed by atoms with E-state index in [0.29, 0.717) is 0 Å². The number of aryl methyl sites for hydroxylation is 1. The minimum atomic E-state index is -1.00. The highest BCUT2D eigenvalue weighted by Gasteiger charge is 2.29. The van der Waals surface area contributed by atoms with Gasteiger partial charge in [-0.3, -0.25) is 19.6 Å². The third-order valence-corrected chi connectivity index (χ3v) is 6.77. The number of nitrogens with one attached hydrogen (secondary N) is 1. The van der Waals surface area contributed by atoms with Gasteiger partial charge in [0.15, 0.2) is 5.69 Å². The summed E-state index contributed by atoms with van der Waals surface area (Å²) in [5.41, 5.74) is 5.45. The second-order valence-electron chi connectivity index (χ2n) is 9.35. The maximum atomic E-state index is 13.3. The van der Waals surface area contributed by atoms with E-state index in [9.17, 15) is 14.4 Å². The number of hydrogen-bond donors (Lipinski definition) is 2. The molecule has 9 heteroatoms. The predicted molar refractivity (Wildman–Crippen MR) is 145 cm³/mol. The van der Waals surface area contributed by atoms with Crippen LogP contribution in [0.15, 0.2) is 84.9 Å². The van der Waals surface area contributed by atoms with Crippen molar-refractivity contribution < 1.29 is 24.2 Å². The molecule has 2 amide bonds. The molecule has 0 radical (unpaired) electrons. The molecule has 0 fully saturated rings. The first-order chi connectivity index (χ1) is 18.9. The Morgan fingerprint density at radius 3 is 2.21 bits per heavy atom. The van der Waals surface area contributed by atoms with E-state index in [4.69, 9.17) is 9.84 Å². The first-order valence-corrected chi connectivity index (χ1v) is 12.6. The summed E-state index contributed by atoms with van der Waals surface area (Å²) < 4.78 is 6.99. The fraction of sp³-hybridized carbons (Fsp3) is 0.200. The van der Waals surface area contributed by atoms with Gasteiger partial charge in [-0.1, -0.05) is 78.9 Å². The number of aromatic nitrogens is 2. The van der Waals surface area contributed by atoms with Gasteiger partial charge in [0.05, 0.1) is 6.42 Å². The quantitative estimate of drug-likeness (QED) is 0.322. The molecule has 1 heterocycles. The molecule has 4 aromatic rings. The molecule has 0 atom stereocenters. The second-order valence-corrected chi connectivity index (χ2v) is 9.35. The van der Waals surface area contributed by atoms with E-state index < -0.39 is 18.0 Å². The van der Waals surface area contributed by atoms with E-state index >= 15 is 0 Å². The molecule has 39 heavy (non-hydrogen) atoms. The van der Waals surface area contributed by atoms with Crippen LogP contribution in [0.4, 0.5) is 10.6 Å². The van der Waals surface area contributed by atoms with Crippen molar-refractivity contribution in [1.29, 1.82) is 0 Å². The van der Waals surface area contributed by atoms with Crippen molar-refractivity contribution in [3.8, 4) is 11.1 Å². The normalized spacial score (nSPS) is 11.9. The number of nitrogens with zero attached hydrogens (tertiary/aromatic N) is 3. The number of anilines is 1. The van der Waals surface area contributed by atoms with Gasteiger partial charge in [-0.25, -0.2) is 4.79 Å². The summed E-state index contributed by atoms with van der Waals surface area (Å²) in [4.78, 5) is 38.6. The van der Waals surface area contributed by atoms with Crippen LogP contribution in [-0.4, -0.2) is 50.9 Å². The molecular weight excluding hydrogens is 496 g/mol. The number of carboxylic acids is 1. The smallest absolute Gasteiger partial charge is 0.412 e. The van der Waals surface area contributed by atoms with Crippen molar-refractivity contribution in [2.45, 2.75) is 18.9 Å². The zero-order valence-electron chi connectivity index (χ0n) is 21.4. The minimum Gasteiger partial charge on any atom is -0.481 e. The van der Waals surface area contributed by atoms with Crippen LogP contribution in [0.25, 0.3) is 11.1 Å². The maximum absolute atomic E-state index is 13.3. The van der Waals surface area contributed by atoms with E-state index in [0.717, 1.165) is 27.8 Å². The topological polar surface area (TPSA) is 114 Å². The number of ether oxygens (including phenoxy) is 1. The Labute approximate surface area is 225 Å². The summed E-state index contributed by atoms with van der Waals surface area (Å²) in [5.74, 6) is -1.23. The lowest BCUT2D eigenvalue weighted by Crippen LogP contribution is -2.33. The SMILES string of the molecule is Cn1nc(C(=O)N(CCC(=O)O)Cc2ccccc2)cc1NC(=O)OCC1c2ccccc2-c2ccccc21. The molecule has 0 saturated carbocycles. The Kier molecular flexibility index (Phi) is 7.40. The monoisotopic (exact) mass is 524 g/mol. The molecule has 1 aliphatic carbocycles. The summed E-state index contributed by atoms with van der Waals surface area (Å²) in [7, 11) is 1.61. The average molecular weight is 525 g/mol. The highest BCUT2D eigenvalue weighted by molar-refractivity contribution is 5.94. The van der Waals surface area contributed by atoms with E-state index in [1.165, 1.54) is 15.6 Å². The Balaban J connectivity index is 1.26. The van der Waals surface area contributed by atoms with Crippen LogP contribution in [0.2, 0.25) is 0 Å². The first kappa shape index (κ1) is 25.7. The highest BCUT2D eigenvalue weighted by Crippen LogP contribution is 2.44. The van der Waals surface area contributed by atoms with Crippen molar-refractivity contribution in [2.24, 2.45) is 7.05 Å². The summed E-state index contributed by atoms with van der Waals surface area (Å²) in [6.07, 6.45) is -0.859. The lowest BCUT2D eigenvalue weighted by atomic mass is 9.98. The number of carbonyl (C=O) groups is 3. The standard InChI is InChI=1S/C30H28N4O5/c1-33-27(17-26(32-33)29(37)34(16-15-28(35)36)18-20-9-3-2-4-10-20)31-30(38)39-19-25-23-13-7-5-11-21(23)22-12-6-8-14-24(22)25/h2-14,17,25H,15-16,18-19H2,1H3,(H,31,38)(H,35,36). The van der Waals surface area contributed by atoms with Crippen LogP contribution in [0.5, 0.6) is 0 Å². The van der Waals surface area contributed by atoms with Crippen LogP contribution in [-0.2, 0) is 23.1 Å². The summed E-state index contributed by atoms with van der Waals surface area (Å²) >= 11 is 0. The first-order valence-electron chi connectivity index (χ1n) is 12.6. The zero-order valence-corrected chi connectivity index (χ0v) is 21.4. The van der Waals surface area contributed by atoms with E-state index in [-0.39, 0.29) is 43.5 Å². The highest BCUT2D eigenvalue weighted by atomic mass is 16.5. The molecule has 0 unspecified atom stereocenters. The summed E-state index contributed by atoms with van der Waals surface area (Å²) in [6.45, 7) is 0.414. The van der Waals surface area contributed by atoms with Crippen LogP contribution >= 0.6 is 0 Å². The number of amides is 2. The number of carbonyl (C=O) groups excluding carboxylic acids is 2. The van der Waals surface area contributed by atoms with Crippen LogP contribution in [0.3, 0.4) is 0 Å². The third-order valence-electron chi connectivity index (χ3n) is 6.77. The van der Waals surface area contributed by atoms with Gasteiger partial charge in [0.1, 0.15) is 12.4 Å². The molecule has 198 valence electrons. The summed E-state index contributed by atoms with van der Waals surface area (Å²) in [5, 5.41) is 16.1. The Morgan fingerprint density at radius 1 is 0.949 bits per heavy atom. The predicted octanol–water partition coefficient (Wildman–Crippen LogP) is 4.90. The molecule has 0 aliphatic heterocycles. The van der Waals surface area contributed by atoms with Gasteiger partial charge in [-0.15, -0.1) is 0 Å². The van der Waals surface area contributed by atoms with Gasteiger partial charge in [-0.2, -0.15) is 5.10 Å². The number of carboxylic acid groups (broad SMARTS) is 1. The second kappa shape index (κ2) is 11.2. The van der Waals surface area contributed by atoms with Crippen molar-refractivity contribution in [3.63, 3.8) is 0 Å². The van der Waals surface area contributed by atoms with E-state index in [1.807, 2.05) is 66.7 Å². The van der Waals surface area contributed by atoms with Gasteiger partial charge < -0.3 is 14.7 Å². The molecule has 1 aliphatic rings. The molecule has 9 nitrogen and oxygen atoms in total. The van der Waals surface area contributed by atoms with Gasteiger partial charge in [0.2, 0.25) is 0 Å². The van der Waals surface area contributed by atoms with Crippen molar-refractivity contribution in [2.75, 3.05) is 18.5 Å². The number of benzene rings is 3. The fourth-order valence-electron chi connectivity index (χ4n) is 4.88. The molecule has 3 aromatic carbocycles. The Bertz CT molecular complexity index is 1470. The van der Waals surface area contributed by atoms with Crippen LogP contribution in [0.1, 0.15) is 39.5 Å². The molecule has 2 N–H and O–H groups in total. The molecule has 0 spiro atoms. The molecule has 0 bridgehead atoms. The van der Waals surface area contributed by atoms with Crippen molar-refractivity contribution in [1.82, 2.24) is 14.7 Å². The third kappa shape index (κ3) is 5.67. The lowest BCUT2D eigenvalue weighted by molar-refractivity contribution is -0.137. The molecular formula is C30H28N4O5. The minimum absolute atomic E-state index is 0.0226. The summed E-state index contributed by atoms with van der Waals surface area (Å²) in [6, 6.07) is 26.9. The van der Waals surface area contributed by atoms with E-state index in [2.05, 4.69) is 22.5 Å². The maximum Gasteiger partial charge on any atom is 0.412 e. The van der Waals surface area contributed by atoms with Crippen molar-refractivity contribution >= 4 is 23.8 Å². The van der Waals surface area contributed by atoms with Gasteiger partial charge in [0.25, 0.3) is 5.91 Å². The van der Waals surface area contributed by atoms with Crippen LogP contribution in [0, 0.1) is 0 Å². The number of fused-ring (bicyclic) bond motifs is 3. The van der Waals surface area contributed by atoms with Gasteiger partial charge in [-0.05, 0) is 27.8 Å². The largest absolute Gasteiger partial charge is 0.481 e. The van der Waals surface area contributed by atoms with Gasteiger partial charge in [0, 0.05) is 32.1 Å². The molecule has 1 aromatic heterocycles. The number of hydrogen-bond acceptors (Lipinski definition) is 5. The van der Waals surface area contributed by atoms with E-state index in [1.54, 1.807) is 7.05 Å². The Morgan fingerprint density at radius 2 is 1.56 bits per heavy atom. The number of aliphatic carboxylic acids is 1. The van der Waals surface area contributed by atoms with Crippen molar-refractivity contribution in [3.05, 3.63) is 107 Å². The zero-order chi connectivity index (χ0) is 27.4. The average Bonchev–Trinajstić information content (AvgIpc) is 3.47. The molecule has 0 saturated heterocycles.